The minimum atomic E-state index is 0.243. The normalized spacial score (nSPS) is 13.0. The molecule has 0 aliphatic carbocycles. The van der Waals surface area contributed by atoms with E-state index >= 15 is 0 Å². The summed E-state index contributed by atoms with van der Waals surface area (Å²) in [4.78, 5) is 0. The van der Waals surface area contributed by atoms with Crippen molar-refractivity contribution in [1.29, 1.82) is 0 Å². The number of hydrogen-bond donors (Lipinski definition) is 1. The minimum absolute atomic E-state index is 0.243. The number of benzene rings is 1. The molecular formula is C11H11ClN4O2. The maximum absolute atomic E-state index is 5.85. The molecule has 0 fully saturated rings. The highest BCUT2D eigenvalue weighted by molar-refractivity contribution is 6.16. The van der Waals surface area contributed by atoms with Crippen LogP contribution in [0.25, 0.3) is 5.69 Å². The van der Waals surface area contributed by atoms with Crippen molar-refractivity contribution < 1.29 is 9.47 Å². The largest absolute Gasteiger partial charge is 0.454 e. The zero-order valence-electron chi connectivity index (χ0n) is 9.47. The van der Waals surface area contributed by atoms with E-state index in [-0.39, 0.29) is 12.7 Å². The first-order valence-corrected chi connectivity index (χ1v) is 5.96. The molecule has 1 aliphatic heterocycles. The quantitative estimate of drug-likeness (QED) is 0.845. The number of hydrogen-bond acceptors (Lipinski definition) is 5. The Labute approximate surface area is 108 Å². The molecule has 0 spiro atoms. The van der Waals surface area contributed by atoms with E-state index in [4.69, 9.17) is 26.8 Å². The maximum atomic E-state index is 5.85. The molecule has 94 valence electrons. The second-order valence-electron chi connectivity index (χ2n) is 3.74. The molecule has 2 N–H and O–H groups in total. The summed E-state index contributed by atoms with van der Waals surface area (Å²) in [6.07, 6.45) is 0. The lowest BCUT2D eigenvalue weighted by molar-refractivity contribution is 0.174. The van der Waals surface area contributed by atoms with Gasteiger partial charge in [-0.1, -0.05) is 0 Å². The van der Waals surface area contributed by atoms with Crippen LogP contribution < -0.4 is 15.2 Å². The fourth-order valence-electron chi connectivity index (χ4n) is 1.89. The van der Waals surface area contributed by atoms with Crippen molar-refractivity contribution in [3.8, 4) is 17.2 Å². The van der Waals surface area contributed by atoms with Crippen LogP contribution in [0.2, 0.25) is 0 Å². The van der Waals surface area contributed by atoms with E-state index in [0.29, 0.717) is 23.9 Å². The van der Waals surface area contributed by atoms with E-state index in [0.717, 1.165) is 11.4 Å². The van der Waals surface area contributed by atoms with Crippen molar-refractivity contribution in [2.45, 2.75) is 12.4 Å². The fraction of sp³-hybridized carbons (Fsp3) is 0.273. The van der Waals surface area contributed by atoms with Gasteiger partial charge in [0.05, 0.1) is 18.1 Å². The van der Waals surface area contributed by atoms with Crippen molar-refractivity contribution in [2.75, 3.05) is 6.79 Å². The van der Waals surface area contributed by atoms with Gasteiger partial charge in [-0.05, 0) is 12.1 Å². The topological polar surface area (TPSA) is 75.2 Å². The lowest BCUT2D eigenvalue weighted by Gasteiger charge is -2.08. The van der Waals surface area contributed by atoms with E-state index < -0.39 is 0 Å². The molecule has 2 aromatic rings. The Morgan fingerprint density at radius 2 is 2.00 bits per heavy atom. The lowest BCUT2D eigenvalue weighted by Crippen LogP contribution is -2.08. The summed E-state index contributed by atoms with van der Waals surface area (Å²) in [5.74, 6) is 3.00. The molecule has 6 nitrogen and oxygen atoms in total. The molecule has 1 aromatic heterocycles. The van der Waals surface area contributed by atoms with Gasteiger partial charge in [0.15, 0.2) is 23.1 Å². The number of rotatable bonds is 3. The molecule has 0 radical (unpaired) electrons. The van der Waals surface area contributed by atoms with Crippen LogP contribution in [-0.2, 0) is 12.4 Å². The SMILES string of the molecule is NCc1nnc(CCl)n1-c1ccc2c(c1)OCO2. The Bertz CT molecular complexity index is 563. The van der Waals surface area contributed by atoms with Gasteiger partial charge in [0, 0.05) is 6.07 Å². The maximum Gasteiger partial charge on any atom is 0.231 e. The number of aromatic nitrogens is 3. The van der Waals surface area contributed by atoms with Crippen LogP contribution in [-0.4, -0.2) is 21.6 Å². The van der Waals surface area contributed by atoms with Crippen molar-refractivity contribution >= 4 is 11.6 Å². The summed E-state index contributed by atoms with van der Waals surface area (Å²) in [7, 11) is 0. The molecule has 3 rings (SSSR count). The molecule has 0 bridgehead atoms. The van der Waals surface area contributed by atoms with Crippen LogP contribution in [0.4, 0.5) is 0 Å². The van der Waals surface area contributed by atoms with E-state index in [2.05, 4.69) is 10.2 Å². The van der Waals surface area contributed by atoms with E-state index in [9.17, 15) is 0 Å². The smallest absolute Gasteiger partial charge is 0.231 e. The molecule has 7 heteroatoms. The van der Waals surface area contributed by atoms with Gasteiger partial charge in [-0.15, -0.1) is 21.8 Å². The first kappa shape index (κ1) is 11.3. The first-order valence-electron chi connectivity index (χ1n) is 5.42. The van der Waals surface area contributed by atoms with E-state index in [1.165, 1.54) is 0 Å². The Morgan fingerprint density at radius 1 is 1.22 bits per heavy atom. The van der Waals surface area contributed by atoms with Gasteiger partial charge in [-0.3, -0.25) is 4.57 Å². The van der Waals surface area contributed by atoms with Gasteiger partial charge in [0.25, 0.3) is 0 Å². The average Bonchev–Trinajstić information content (AvgIpc) is 3.03. The average molecular weight is 267 g/mol. The summed E-state index contributed by atoms with van der Waals surface area (Å²) >= 11 is 5.85. The second-order valence-corrected chi connectivity index (χ2v) is 4.01. The van der Waals surface area contributed by atoms with Gasteiger partial charge in [0.1, 0.15) is 0 Å². The molecule has 2 heterocycles. The first-order chi connectivity index (χ1) is 8.83. The number of nitrogens with zero attached hydrogens (tertiary/aromatic N) is 3. The molecule has 0 saturated carbocycles. The van der Waals surface area contributed by atoms with Gasteiger partial charge in [-0.25, -0.2) is 0 Å². The van der Waals surface area contributed by atoms with E-state index in [1.54, 1.807) is 0 Å². The highest BCUT2D eigenvalue weighted by Crippen LogP contribution is 2.34. The Morgan fingerprint density at radius 3 is 2.78 bits per heavy atom. The molecule has 1 aromatic carbocycles. The number of fused-ring (bicyclic) bond motifs is 1. The van der Waals surface area contributed by atoms with Crippen molar-refractivity contribution in [3.63, 3.8) is 0 Å². The van der Waals surface area contributed by atoms with Crippen molar-refractivity contribution in [1.82, 2.24) is 14.8 Å². The highest BCUT2D eigenvalue weighted by atomic mass is 35.5. The third-order valence-corrected chi connectivity index (χ3v) is 2.95. The third kappa shape index (κ3) is 1.70. The number of alkyl halides is 1. The summed E-state index contributed by atoms with van der Waals surface area (Å²) in [5, 5.41) is 8.01. The van der Waals surface area contributed by atoms with Crippen LogP contribution in [0.5, 0.6) is 11.5 Å². The predicted molar refractivity (Wildman–Crippen MR) is 64.9 cm³/mol. The fourth-order valence-corrected chi connectivity index (χ4v) is 2.07. The molecule has 0 saturated heterocycles. The summed E-state index contributed by atoms with van der Waals surface area (Å²) in [6, 6.07) is 5.60. The van der Waals surface area contributed by atoms with Crippen LogP contribution >= 0.6 is 11.6 Å². The van der Waals surface area contributed by atoms with Crippen LogP contribution in [0.15, 0.2) is 18.2 Å². The Hall–Kier alpha value is -1.79. The van der Waals surface area contributed by atoms with Gasteiger partial charge in [-0.2, -0.15) is 0 Å². The summed E-state index contributed by atoms with van der Waals surface area (Å²) in [6.45, 7) is 0.533. The Balaban J connectivity index is 2.11. The number of ether oxygens (including phenoxy) is 2. The summed E-state index contributed by atoms with van der Waals surface area (Å²) < 4.78 is 12.4. The molecule has 0 amide bonds. The lowest BCUT2D eigenvalue weighted by atomic mass is 10.2. The highest BCUT2D eigenvalue weighted by Gasteiger charge is 2.17. The molecular weight excluding hydrogens is 256 g/mol. The number of halogens is 1. The van der Waals surface area contributed by atoms with Crippen LogP contribution in [0.1, 0.15) is 11.6 Å². The molecule has 18 heavy (non-hydrogen) atoms. The monoisotopic (exact) mass is 266 g/mol. The third-order valence-electron chi connectivity index (χ3n) is 2.71. The predicted octanol–water partition coefficient (Wildman–Crippen LogP) is 1.19. The zero-order chi connectivity index (χ0) is 12.5. The molecule has 0 unspecified atom stereocenters. The van der Waals surface area contributed by atoms with Gasteiger partial charge < -0.3 is 15.2 Å². The molecule has 1 aliphatic rings. The van der Waals surface area contributed by atoms with Crippen molar-refractivity contribution in [2.24, 2.45) is 5.73 Å². The molecule has 0 atom stereocenters. The Kier molecular flexibility index (Phi) is 2.81. The standard InChI is InChI=1S/C11H11ClN4O2/c12-4-10-14-15-11(5-13)16(10)7-1-2-8-9(3-7)18-6-17-8/h1-3H,4-6,13H2. The zero-order valence-corrected chi connectivity index (χ0v) is 10.2. The minimum Gasteiger partial charge on any atom is -0.454 e. The van der Waals surface area contributed by atoms with Crippen molar-refractivity contribution in [3.05, 3.63) is 29.8 Å². The van der Waals surface area contributed by atoms with Gasteiger partial charge >= 0.3 is 0 Å². The van der Waals surface area contributed by atoms with E-state index in [1.807, 2.05) is 22.8 Å². The summed E-state index contributed by atoms with van der Waals surface area (Å²) in [5.41, 5.74) is 6.51. The van der Waals surface area contributed by atoms with Crippen LogP contribution in [0.3, 0.4) is 0 Å². The second kappa shape index (κ2) is 4.47. The van der Waals surface area contributed by atoms with Crippen LogP contribution in [0, 0.1) is 0 Å². The van der Waals surface area contributed by atoms with Gasteiger partial charge in [0.2, 0.25) is 6.79 Å². The number of nitrogens with two attached hydrogens (primary N) is 1.